The Hall–Kier alpha value is -4.21. The molecule has 0 saturated heterocycles. The molecule has 3 aromatic rings. The summed E-state index contributed by atoms with van der Waals surface area (Å²) >= 11 is 0. The van der Waals surface area contributed by atoms with Crippen molar-refractivity contribution in [3.8, 4) is 17.3 Å². The fraction of sp³-hybridized carbons (Fsp3) is 0.571. The maximum Gasteiger partial charge on any atom is 0.407 e. The SMILES string of the molecule is CCNC(=O)O[C@H](C)c1cc(-c2nc(OCCOCCC(CCC(F)F)NC(=O)OC(C)(C)C)c3nccn3n2)c(F)cn1. The highest BCUT2D eigenvalue weighted by Gasteiger charge is 2.22. The number of imidazole rings is 1. The molecule has 3 rings (SSSR count). The quantitative estimate of drug-likeness (QED) is 0.224. The predicted octanol–water partition coefficient (Wildman–Crippen LogP) is 4.86. The van der Waals surface area contributed by atoms with Gasteiger partial charge >= 0.3 is 12.2 Å². The first-order valence-corrected chi connectivity index (χ1v) is 14.2. The zero-order valence-corrected chi connectivity index (χ0v) is 25.3. The van der Waals surface area contributed by atoms with Crippen molar-refractivity contribution in [2.24, 2.45) is 0 Å². The van der Waals surface area contributed by atoms with Gasteiger partial charge in [-0.2, -0.15) is 4.98 Å². The van der Waals surface area contributed by atoms with Crippen LogP contribution in [-0.2, 0) is 14.2 Å². The van der Waals surface area contributed by atoms with Gasteiger partial charge in [-0.3, -0.25) is 4.98 Å². The van der Waals surface area contributed by atoms with Crippen LogP contribution in [0.3, 0.4) is 0 Å². The number of halogens is 3. The van der Waals surface area contributed by atoms with Crippen LogP contribution in [-0.4, -0.2) is 81.2 Å². The van der Waals surface area contributed by atoms with Crippen molar-refractivity contribution in [2.45, 2.75) is 78.1 Å². The standard InChI is InChI=1S/C28H38F3N7O6/c1-6-32-26(39)43-17(2)21-15-19(20(29)16-34-21)23-36-25(24-33-10-11-38(24)37-23)42-14-13-41-12-9-18(7-8-22(30)31)35-27(40)44-28(3,4)5/h10-11,15-18,22H,6-9,12-14H2,1-5H3,(H,32,39)(H,35,40)/t17-,18?/m1/s1. The van der Waals surface area contributed by atoms with Crippen LogP contribution < -0.4 is 15.4 Å². The van der Waals surface area contributed by atoms with Crippen LogP contribution in [0.5, 0.6) is 5.88 Å². The molecule has 2 atom stereocenters. The average Bonchev–Trinajstić information content (AvgIpc) is 3.41. The number of pyridine rings is 1. The topological polar surface area (TPSA) is 151 Å². The third-order valence-corrected chi connectivity index (χ3v) is 5.89. The second-order valence-electron chi connectivity index (χ2n) is 10.7. The molecule has 16 heteroatoms. The lowest BCUT2D eigenvalue weighted by molar-refractivity contribution is 0.0459. The van der Waals surface area contributed by atoms with Gasteiger partial charge in [0.15, 0.2) is 11.6 Å². The number of alkyl halides is 2. The molecule has 0 spiro atoms. The molecule has 0 radical (unpaired) electrons. The number of nitrogens with one attached hydrogen (secondary N) is 2. The van der Waals surface area contributed by atoms with E-state index in [4.69, 9.17) is 18.9 Å². The normalized spacial score (nSPS) is 13.0. The molecule has 0 aliphatic heterocycles. The van der Waals surface area contributed by atoms with Crippen LogP contribution in [0.4, 0.5) is 22.8 Å². The van der Waals surface area contributed by atoms with E-state index in [1.54, 1.807) is 40.8 Å². The Labute approximate surface area is 252 Å². The van der Waals surface area contributed by atoms with E-state index in [0.717, 1.165) is 6.20 Å². The van der Waals surface area contributed by atoms with Gasteiger partial charge in [0.2, 0.25) is 12.1 Å². The highest BCUT2D eigenvalue weighted by molar-refractivity contribution is 5.68. The summed E-state index contributed by atoms with van der Waals surface area (Å²) in [5.41, 5.74) is -0.155. The number of hydrogen-bond donors (Lipinski definition) is 2. The van der Waals surface area contributed by atoms with Gasteiger partial charge in [-0.15, -0.1) is 5.10 Å². The second-order valence-corrected chi connectivity index (χ2v) is 10.7. The van der Waals surface area contributed by atoms with Gasteiger partial charge in [0.1, 0.15) is 18.3 Å². The van der Waals surface area contributed by atoms with E-state index in [0.29, 0.717) is 6.54 Å². The van der Waals surface area contributed by atoms with Crippen LogP contribution in [0.2, 0.25) is 0 Å². The molecule has 3 aromatic heterocycles. The Balaban J connectivity index is 1.62. The van der Waals surface area contributed by atoms with E-state index >= 15 is 0 Å². The summed E-state index contributed by atoms with van der Waals surface area (Å²) in [6.07, 6.45) is -0.630. The third kappa shape index (κ3) is 10.8. The zero-order valence-electron chi connectivity index (χ0n) is 25.3. The number of nitrogens with zero attached hydrogens (tertiary/aromatic N) is 5. The number of hydrogen-bond acceptors (Lipinski definition) is 10. The Morgan fingerprint density at radius 1 is 1.07 bits per heavy atom. The smallest absolute Gasteiger partial charge is 0.407 e. The number of fused-ring (bicyclic) bond motifs is 1. The number of aromatic nitrogens is 5. The Morgan fingerprint density at radius 2 is 1.84 bits per heavy atom. The second kappa shape index (κ2) is 16.0. The van der Waals surface area contributed by atoms with Gasteiger partial charge in [0, 0.05) is 38.0 Å². The molecule has 0 aliphatic carbocycles. The molecule has 242 valence electrons. The Kier molecular flexibility index (Phi) is 12.5. The summed E-state index contributed by atoms with van der Waals surface area (Å²) in [7, 11) is 0. The van der Waals surface area contributed by atoms with Crippen LogP contribution in [0.1, 0.15) is 65.7 Å². The Bertz CT molecular complexity index is 1390. The summed E-state index contributed by atoms with van der Waals surface area (Å²) in [4.78, 5) is 36.5. The molecule has 1 unspecified atom stereocenters. The fourth-order valence-electron chi connectivity index (χ4n) is 3.88. The summed E-state index contributed by atoms with van der Waals surface area (Å²) in [6, 6.07) is 0.822. The molecule has 3 heterocycles. The van der Waals surface area contributed by atoms with Gasteiger partial charge in [-0.25, -0.2) is 32.3 Å². The zero-order chi connectivity index (χ0) is 32.3. The van der Waals surface area contributed by atoms with Crippen molar-refractivity contribution in [1.82, 2.24) is 35.2 Å². The molecular formula is C28H38F3N7O6. The Morgan fingerprint density at radius 3 is 2.55 bits per heavy atom. The van der Waals surface area contributed by atoms with Crippen LogP contribution in [0.25, 0.3) is 17.0 Å². The average molecular weight is 626 g/mol. The fourth-order valence-corrected chi connectivity index (χ4v) is 3.88. The summed E-state index contributed by atoms with van der Waals surface area (Å²) < 4.78 is 63.6. The third-order valence-electron chi connectivity index (χ3n) is 5.89. The lowest BCUT2D eigenvalue weighted by Crippen LogP contribution is -2.40. The van der Waals surface area contributed by atoms with E-state index in [1.807, 2.05) is 0 Å². The first kappa shape index (κ1) is 34.3. The van der Waals surface area contributed by atoms with Gasteiger partial charge in [0.05, 0.1) is 24.1 Å². The van der Waals surface area contributed by atoms with Gasteiger partial charge in [-0.1, -0.05) is 0 Å². The van der Waals surface area contributed by atoms with Crippen molar-refractivity contribution in [1.29, 1.82) is 0 Å². The maximum absolute atomic E-state index is 14.9. The molecular weight excluding hydrogens is 587 g/mol. The van der Waals surface area contributed by atoms with Gasteiger partial charge in [0.25, 0.3) is 5.88 Å². The van der Waals surface area contributed by atoms with E-state index in [-0.39, 0.29) is 67.7 Å². The first-order valence-electron chi connectivity index (χ1n) is 14.2. The molecule has 0 aliphatic rings. The van der Waals surface area contributed by atoms with Gasteiger partial charge in [-0.05, 0) is 53.5 Å². The summed E-state index contributed by atoms with van der Waals surface area (Å²) in [6.45, 7) is 9.13. The molecule has 44 heavy (non-hydrogen) atoms. The van der Waals surface area contributed by atoms with Crippen LogP contribution >= 0.6 is 0 Å². The highest BCUT2D eigenvalue weighted by atomic mass is 19.3. The number of ether oxygens (including phenoxy) is 4. The number of carbonyl (C=O) groups is 2. The molecule has 0 saturated carbocycles. The first-order chi connectivity index (χ1) is 20.9. The van der Waals surface area contributed by atoms with Gasteiger partial charge < -0.3 is 29.6 Å². The van der Waals surface area contributed by atoms with Crippen LogP contribution in [0, 0.1) is 5.82 Å². The lowest BCUT2D eigenvalue weighted by Gasteiger charge is -2.23. The molecule has 13 nitrogen and oxygen atoms in total. The highest BCUT2D eigenvalue weighted by Crippen LogP contribution is 2.26. The predicted molar refractivity (Wildman–Crippen MR) is 152 cm³/mol. The minimum absolute atomic E-state index is 0.00498. The van der Waals surface area contributed by atoms with Crippen molar-refractivity contribution < 1.29 is 41.7 Å². The van der Waals surface area contributed by atoms with Crippen LogP contribution in [0.15, 0.2) is 24.7 Å². The lowest BCUT2D eigenvalue weighted by atomic mass is 10.1. The number of amides is 2. The maximum atomic E-state index is 14.9. The molecule has 2 amide bonds. The monoisotopic (exact) mass is 625 g/mol. The van der Waals surface area contributed by atoms with Crippen molar-refractivity contribution in [2.75, 3.05) is 26.4 Å². The minimum Gasteiger partial charge on any atom is -0.472 e. The summed E-state index contributed by atoms with van der Waals surface area (Å²) in [5, 5.41) is 9.45. The number of alkyl carbamates (subject to hydrolysis) is 2. The number of carbonyl (C=O) groups excluding carboxylic acids is 2. The summed E-state index contributed by atoms with van der Waals surface area (Å²) in [5.74, 6) is -0.656. The minimum atomic E-state index is -2.50. The molecule has 0 aromatic carbocycles. The van der Waals surface area contributed by atoms with E-state index in [2.05, 4.69) is 30.7 Å². The number of rotatable bonds is 15. The van der Waals surface area contributed by atoms with E-state index in [1.165, 1.54) is 16.8 Å². The molecule has 0 bridgehead atoms. The van der Waals surface area contributed by atoms with E-state index < -0.39 is 42.2 Å². The van der Waals surface area contributed by atoms with E-state index in [9.17, 15) is 22.8 Å². The van der Waals surface area contributed by atoms with Crippen molar-refractivity contribution in [3.63, 3.8) is 0 Å². The van der Waals surface area contributed by atoms with Crippen molar-refractivity contribution >= 4 is 17.8 Å². The molecule has 0 fully saturated rings. The van der Waals surface area contributed by atoms with Crippen molar-refractivity contribution in [3.05, 3.63) is 36.2 Å². The largest absolute Gasteiger partial charge is 0.472 e. The molecule has 2 N–H and O–H groups in total.